The summed E-state index contributed by atoms with van der Waals surface area (Å²) in [5, 5.41) is 19.6. The largest absolute Gasteiger partial charge is 0.478 e. The van der Waals surface area contributed by atoms with E-state index >= 15 is 0 Å². The van der Waals surface area contributed by atoms with E-state index in [4.69, 9.17) is 14.9 Å². The summed E-state index contributed by atoms with van der Waals surface area (Å²) in [7, 11) is 0. The number of hydrogen-bond acceptors (Lipinski definition) is 5. The zero-order valence-electron chi connectivity index (χ0n) is 22.5. The van der Waals surface area contributed by atoms with Crippen LogP contribution in [0.3, 0.4) is 0 Å². The summed E-state index contributed by atoms with van der Waals surface area (Å²) in [4.78, 5) is 32.0. The molecule has 0 bridgehead atoms. The first-order valence-electron chi connectivity index (χ1n) is 12.8. The van der Waals surface area contributed by atoms with Crippen molar-refractivity contribution in [3.05, 3.63) is 119 Å². The fraction of sp³-hybridized carbons (Fsp3) is 0.194. The lowest BCUT2D eigenvalue weighted by molar-refractivity contribution is -0.146. The first-order valence-corrected chi connectivity index (χ1v) is 12.8. The van der Waals surface area contributed by atoms with Gasteiger partial charge in [-0.2, -0.15) is 13.2 Å². The molecule has 0 aliphatic heterocycles. The molecule has 4 rings (SSSR count). The van der Waals surface area contributed by atoms with E-state index in [1.807, 2.05) is 60.8 Å². The van der Waals surface area contributed by atoms with Crippen LogP contribution in [0, 0.1) is 0 Å². The number of aliphatic carboxylic acids is 2. The molecule has 220 valence electrons. The van der Waals surface area contributed by atoms with Gasteiger partial charge in [0.25, 0.3) is 0 Å². The van der Waals surface area contributed by atoms with Crippen molar-refractivity contribution in [1.82, 2.24) is 9.88 Å². The molecule has 4 aromatic rings. The lowest BCUT2D eigenvalue weighted by atomic mass is 10.0. The van der Waals surface area contributed by atoms with Crippen molar-refractivity contribution in [2.24, 2.45) is 0 Å². The Bertz CT molecular complexity index is 1530. The zero-order valence-corrected chi connectivity index (χ0v) is 22.5. The molecular weight excluding hydrogens is 553 g/mol. The number of para-hydroxylation sites is 1. The van der Waals surface area contributed by atoms with Crippen LogP contribution in [-0.2, 0) is 38.4 Å². The third-order valence-corrected chi connectivity index (χ3v) is 5.98. The summed E-state index contributed by atoms with van der Waals surface area (Å²) in [6.45, 7) is 2.61. The average molecular weight is 583 g/mol. The third kappa shape index (κ3) is 9.07. The Morgan fingerprint density at radius 3 is 2.14 bits per heavy atom. The highest BCUT2D eigenvalue weighted by atomic mass is 19.4. The molecule has 0 aliphatic rings. The number of aromatic nitrogens is 1. The monoisotopic (exact) mass is 582 g/mol. The second-order valence-electron chi connectivity index (χ2n) is 8.99. The maximum Gasteiger partial charge on any atom is 0.416 e. The number of nitrogens with one attached hydrogen (secondary N) is 1. The molecule has 0 radical (unpaired) electrons. The minimum Gasteiger partial charge on any atom is -0.478 e. The number of carbonyl (C=O) groups is 3. The molecule has 0 amide bonds. The van der Waals surface area contributed by atoms with E-state index in [0.29, 0.717) is 24.3 Å². The van der Waals surface area contributed by atoms with Gasteiger partial charge < -0.3 is 19.5 Å². The van der Waals surface area contributed by atoms with Crippen molar-refractivity contribution in [2.75, 3.05) is 6.61 Å². The van der Waals surface area contributed by atoms with Crippen LogP contribution in [0.25, 0.3) is 10.9 Å². The highest BCUT2D eigenvalue weighted by Gasteiger charge is 2.31. The molecule has 3 aromatic carbocycles. The Morgan fingerprint density at radius 2 is 1.52 bits per heavy atom. The molecule has 11 heteroatoms. The van der Waals surface area contributed by atoms with Crippen LogP contribution in [-0.4, -0.2) is 39.3 Å². The van der Waals surface area contributed by atoms with E-state index in [2.05, 4.69) is 9.88 Å². The predicted octanol–water partition coefficient (Wildman–Crippen LogP) is 5.81. The molecule has 0 fully saturated rings. The Hall–Kier alpha value is -4.90. The van der Waals surface area contributed by atoms with Crippen molar-refractivity contribution in [1.29, 1.82) is 0 Å². The third-order valence-electron chi connectivity index (χ3n) is 5.98. The number of ether oxygens (including phenoxy) is 1. The van der Waals surface area contributed by atoms with Crippen molar-refractivity contribution in [2.45, 2.75) is 32.2 Å². The zero-order chi connectivity index (χ0) is 30.7. The minimum absolute atomic E-state index is 0.0750. The minimum atomic E-state index is -4.43. The van der Waals surface area contributed by atoms with E-state index in [9.17, 15) is 27.6 Å². The van der Waals surface area contributed by atoms with Crippen LogP contribution in [0.15, 0.2) is 97.2 Å². The second-order valence-corrected chi connectivity index (χ2v) is 8.99. The van der Waals surface area contributed by atoms with Gasteiger partial charge in [-0.3, -0.25) is 5.32 Å². The van der Waals surface area contributed by atoms with Crippen molar-refractivity contribution in [3.63, 3.8) is 0 Å². The summed E-state index contributed by atoms with van der Waals surface area (Å²) in [6, 6.07) is 22.0. The summed E-state index contributed by atoms with van der Waals surface area (Å²) in [5.74, 6) is -2.99. The standard InChI is InChI=1S/C27H25F3N2O2.C4H4O4/c1-2-34-26(33)25(31-16-20-11-8-12-21(15-20)27(28,29)30)23-18-32(17-19-9-4-3-5-10-19)24-14-7-6-13-22(23)24;5-3(6)1-2-4(7)8/h3-15,18,25,31H,2,16-17H2,1H3;1-2H,(H,5,6)(H,7,8)/b;2-1-. The average Bonchev–Trinajstić information content (AvgIpc) is 3.31. The fourth-order valence-corrected chi connectivity index (χ4v) is 4.18. The van der Waals surface area contributed by atoms with Gasteiger partial charge in [-0.25, -0.2) is 14.4 Å². The van der Waals surface area contributed by atoms with Gasteiger partial charge in [-0.15, -0.1) is 0 Å². The smallest absolute Gasteiger partial charge is 0.416 e. The number of hydrogen-bond donors (Lipinski definition) is 3. The van der Waals surface area contributed by atoms with Gasteiger partial charge in [-0.1, -0.05) is 66.7 Å². The molecular formula is C31H29F3N2O6. The molecule has 1 unspecified atom stereocenters. The number of benzene rings is 3. The molecule has 3 N–H and O–H groups in total. The van der Waals surface area contributed by atoms with Crippen LogP contribution in [0.4, 0.5) is 13.2 Å². The first-order chi connectivity index (χ1) is 20.0. The predicted molar refractivity (Wildman–Crippen MR) is 150 cm³/mol. The number of esters is 1. The van der Waals surface area contributed by atoms with E-state index in [1.54, 1.807) is 13.0 Å². The fourth-order valence-electron chi connectivity index (χ4n) is 4.18. The maximum atomic E-state index is 13.1. The van der Waals surface area contributed by atoms with Gasteiger partial charge >= 0.3 is 24.1 Å². The molecule has 1 heterocycles. The molecule has 0 aliphatic carbocycles. The Balaban J connectivity index is 0.000000531. The molecule has 0 spiro atoms. The topological polar surface area (TPSA) is 118 Å². The highest BCUT2D eigenvalue weighted by Crippen LogP contribution is 2.31. The molecule has 1 atom stereocenters. The maximum absolute atomic E-state index is 13.1. The van der Waals surface area contributed by atoms with Gasteiger partial charge in [0.2, 0.25) is 0 Å². The van der Waals surface area contributed by atoms with E-state index in [0.717, 1.165) is 34.2 Å². The van der Waals surface area contributed by atoms with Crippen LogP contribution in [0.5, 0.6) is 0 Å². The van der Waals surface area contributed by atoms with Crippen molar-refractivity contribution < 1.29 is 42.5 Å². The van der Waals surface area contributed by atoms with Gasteiger partial charge in [0.15, 0.2) is 0 Å². The van der Waals surface area contributed by atoms with Gasteiger partial charge in [0.1, 0.15) is 6.04 Å². The number of carboxylic acid groups (broad SMARTS) is 2. The van der Waals surface area contributed by atoms with Gasteiger partial charge in [0, 0.05) is 47.9 Å². The van der Waals surface area contributed by atoms with Crippen LogP contribution >= 0.6 is 0 Å². The number of carbonyl (C=O) groups excluding carboxylic acids is 1. The summed E-state index contributed by atoms with van der Waals surface area (Å²) >= 11 is 0. The lowest BCUT2D eigenvalue weighted by Gasteiger charge is -2.18. The van der Waals surface area contributed by atoms with Gasteiger partial charge in [0.05, 0.1) is 12.2 Å². The molecule has 1 aromatic heterocycles. The highest BCUT2D eigenvalue weighted by molar-refractivity contribution is 5.90. The Kier molecular flexibility index (Phi) is 11.0. The molecule has 0 saturated heterocycles. The van der Waals surface area contributed by atoms with E-state index < -0.39 is 35.7 Å². The summed E-state index contributed by atoms with van der Waals surface area (Å²) in [6.07, 6.45) is -1.40. The number of carboxylic acids is 2. The van der Waals surface area contributed by atoms with Crippen LogP contribution in [0.1, 0.15) is 35.2 Å². The SMILES string of the molecule is CCOC(=O)C(NCc1cccc(C(F)(F)F)c1)c1cn(Cc2ccccc2)c2ccccc12.O=C(O)/C=C\C(=O)O. The first kappa shape index (κ1) is 31.6. The number of halogens is 3. The molecule has 8 nitrogen and oxygen atoms in total. The van der Waals surface area contributed by atoms with E-state index in [-0.39, 0.29) is 13.2 Å². The summed E-state index contributed by atoms with van der Waals surface area (Å²) < 4.78 is 46.7. The van der Waals surface area contributed by atoms with E-state index in [1.165, 1.54) is 6.07 Å². The second kappa shape index (κ2) is 14.6. The van der Waals surface area contributed by atoms with Crippen molar-refractivity contribution >= 4 is 28.8 Å². The number of fused-ring (bicyclic) bond motifs is 1. The number of rotatable bonds is 10. The Morgan fingerprint density at radius 1 is 0.905 bits per heavy atom. The van der Waals surface area contributed by atoms with Gasteiger partial charge in [-0.05, 0) is 30.2 Å². The summed E-state index contributed by atoms with van der Waals surface area (Å²) in [5.41, 5.74) is 2.49. The Labute approximate surface area is 239 Å². The normalized spacial score (nSPS) is 12.0. The van der Waals surface area contributed by atoms with Crippen LogP contribution in [0.2, 0.25) is 0 Å². The number of alkyl halides is 3. The van der Waals surface area contributed by atoms with Crippen molar-refractivity contribution in [3.8, 4) is 0 Å². The molecule has 0 saturated carbocycles. The van der Waals surface area contributed by atoms with Crippen LogP contribution < -0.4 is 5.32 Å². The number of nitrogens with zero attached hydrogens (tertiary/aromatic N) is 1. The molecule has 42 heavy (non-hydrogen) atoms. The quantitative estimate of drug-likeness (QED) is 0.159. The lowest BCUT2D eigenvalue weighted by Crippen LogP contribution is -2.30.